The molecule has 3 heterocycles. The van der Waals surface area contributed by atoms with E-state index in [4.69, 9.17) is 0 Å². The van der Waals surface area contributed by atoms with Crippen molar-refractivity contribution in [2.24, 2.45) is 5.92 Å². The van der Waals surface area contributed by atoms with Crippen LogP contribution in [0.1, 0.15) is 41.9 Å². The van der Waals surface area contributed by atoms with E-state index >= 15 is 4.39 Å². The molecule has 0 aliphatic carbocycles. The Balaban J connectivity index is 1.39. The number of benzene rings is 2. The number of fused-ring (bicyclic) bond motifs is 2. The van der Waals surface area contributed by atoms with Crippen LogP contribution in [-0.2, 0) is 11.2 Å². The van der Waals surface area contributed by atoms with Crippen molar-refractivity contribution in [3.05, 3.63) is 89.8 Å². The van der Waals surface area contributed by atoms with Gasteiger partial charge in [0.05, 0.1) is 29.2 Å². The highest BCUT2D eigenvalue weighted by Gasteiger charge is 2.25. The summed E-state index contributed by atoms with van der Waals surface area (Å²) in [6.07, 6.45) is 6.03. The lowest BCUT2D eigenvalue weighted by Gasteiger charge is -2.23. The molecule has 2 amide bonds. The number of carbonyl (C=O) groups is 2. The minimum absolute atomic E-state index is 0.146. The number of carbonyl (C=O) groups excluding carboxylic acids is 2. The number of amides is 2. The molecule has 0 bridgehead atoms. The van der Waals surface area contributed by atoms with E-state index in [2.05, 4.69) is 31.4 Å². The first-order chi connectivity index (χ1) is 19.2. The Morgan fingerprint density at radius 1 is 1.02 bits per heavy atom. The third-order valence-corrected chi connectivity index (χ3v) is 6.61. The molecule has 10 heteroatoms. The lowest BCUT2D eigenvalue weighted by Crippen LogP contribution is -2.47. The van der Waals surface area contributed by atoms with E-state index in [-0.39, 0.29) is 17.4 Å². The molecule has 0 aliphatic rings. The second-order valence-electron chi connectivity index (χ2n) is 10.4. The fourth-order valence-electron chi connectivity index (χ4n) is 4.62. The number of nitrogens with zero attached hydrogens (tertiary/aromatic N) is 6. The summed E-state index contributed by atoms with van der Waals surface area (Å²) in [5.41, 5.74) is 3.56. The maximum Gasteiger partial charge on any atom is 0.254 e. The first kappa shape index (κ1) is 26.9. The molecule has 2 aromatic carbocycles. The van der Waals surface area contributed by atoms with Gasteiger partial charge in [-0.15, -0.1) is 0 Å². The molecule has 0 saturated heterocycles. The third-order valence-electron chi connectivity index (χ3n) is 6.61. The van der Waals surface area contributed by atoms with Crippen LogP contribution in [0.3, 0.4) is 0 Å². The SMILES string of the molecule is CC(C)CC(NC(=O)c1ccc(-c2cnc3ncc(Cc4ccc5ncccc5c4)n3n2)cc1F)C(=O)N(C)C. The number of imidazole rings is 1. The van der Waals surface area contributed by atoms with Crippen LogP contribution in [-0.4, -0.2) is 61.4 Å². The Morgan fingerprint density at radius 3 is 2.58 bits per heavy atom. The van der Waals surface area contributed by atoms with Crippen LogP contribution < -0.4 is 5.32 Å². The Bertz CT molecular complexity index is 1710. The molecular formula is C30H30FN7O2. The summed E-state index contributed by atoms with van der Waals surface area (Å²) in [6, 6.07) is 13.5. The van der Waals surface area contributed by atoms with Gasteiger partial charge in [0.15, 0.2) is 0 Å². The van der Waals surface area contributed by atoms with E-state index < -0.39 is 17.8 Å². The summed E-state index contributed by atoms with van der Waals surface area (Å²) in [5, 5.41) is 8.40. The molecule has 1 unspecified atom stereocenters. The van der Waals surface area contributed by atoms with Crippen molar-refractivity contribution in [1.82, 2.24) is 34.8 Å². The number of hydrogen-bond acceptors (Lipinski definition) is 6. The molecule has 5 aromatic rings. The zero-order valence-corrected chi connectivity index (χ0v) is 22.8. The Kier molecular flexibility index (Phi) is 7.50. The van der Waals surface area contributed by atoms with E-state index in [0.717, 1.165) is 22.2 Å². The van der Waals surface area contributed by atoms with Crippen molar-refractivity contribution in [3.63, 3.8) is 0 Å². The van der Waals surface area contributed by atoms with Gasteiger partial charge in [-0.2, -0.15) is 5.10 Å². The van der Waals surface area contributed by atoms with Gasteiger partial charge in [0.25, 0.3) is 11.7 Å². The Morgan fingerprint density at radius 2 is 1.82 bits per heavy atom. The van der Waals surface area contributed by atoms with Crippen LogP contribution in [0.15, 0.2) is 67.1 Å². The molecule has 0 fully saturated rings. The first-order valence-corrected chi connectivity index (χ1v) is 13.0. The van der Waals surface area contributed by atoms with Crippen molar-refractivity contribution in [2.45, 2.75) is 32.7 Å². The quantitative estimate of drug-likeness (QED) is 0.315. The van der Waals surface area contributed by atoms with Gasteiger partial charge in [-0.1, -0.05) is 32.0 Å². The molecule has 0 radical (unpaired) electrons. The molecule has 0 saturated carbocycles. The molecule has 9 nitrogen and oxygen atoms in total. The summed E-state index contributed by atoms with van der Waals surface area (Å²) < 4.78 is 16.8. The molecule has 0 aliphatic heterocycles. The molecule has 204 valence electrons. The van der Waals surface area contributed by atoms with E-state index in [1.54, 1.807) is 37.1 Å². The second-order valence-corrected chi connectivity index (χ2v) is 10.4. The lowest BCUT2D eigenvalue weighted by atomic mass is 10.0. The minimum Gasteiger partial charge on any atom is -0.347 e. The van der Waals surface area contributed by atoms with Crippen LogP contribution in [0.5, 0.6) is 0 Å². The van der Waals surface area contributed by atoms with Crippen LogP contribution in [0.25, 0.3) is 27.9 Å². The highest BCUT2D eigenvalue weighted by atomic mass is 19.1. The molecule has 1 N–H and O–H groups in total. The number of pyridine rings is 1. The topological polar surface area (TPSA) is 105 Å². The zero-order valence-electron chi connectivity index (χ0n) is 22.8. The Labute approximate surface area is 231 Å². The van der Waals surface area contributed by atoms with E-state index in [1.165, 1.54) is 23.2 Å². The largest absolute Gasteiger partial charge is 0.347 e. The third kappa shape index (κ3) is 5.66. The molecule has 3 aromatic heterocycles. The maximum absolute atomic E-state index is 15.2. The molecule has 40 heavy (non-hydrogen) atoms. The van der Waals surface area contributed by atoms with Gasteiger partial charge in [0, 0.05) is 37.7 Å². The molecule has 1 atom stereocenters. The van der Waals surface area contributed by atoms with Gasteiger partial charge in [-0.3, -0.25) is 14.6 Å². The van der Waals surface area contributed by atoms with Crippen molar-refractivity contribution in [3.8, 4) is 11.3 Å². The summed E-state index contributed by atoms with van der Waals surface area (Å²) in [4.78, 5) is 40.0. The van der Waals surface area contributed by atoms with Crippen molar-refractivity contribution in [1.29, 1.82) is 0 Å². The normalized spacial score (nSPS) is 12.2. The summed E-state index contributed by atoms with van der Waals surface area (Å²) in [5.74, 6) is -0.998. The molecule has 5 rings (SSSR count). The summed E-state index contributed by atoms with van der Waals surface area (Å²) in [7, 11) is 3.25. The van der Waals surface area contributed by atoms with E-state index in [9.17, 15) is 9.59 Å². The smallest absolute Gasteiger partial charge is 0.254 e. The Hall–Kier alpha value is -4.73. The van der Waals surface area contributed by atoms with Crippen LogP contribution in [0.2, 0.25) is 0 Å². The van der Waals surface area contributed by atoms with Gasteiger partial charge in [-0.05, 0) is 48.2 Å². The predicted octanol–water partition coefficient (Wildman–Crippen LogP) is 4.30. The van der Waals surface area contributed by atoms with Gasteiger partial charge in [0.1, 0.15) is 17.6 Å². The minimum atomic E-state index is -0.742. The predicted molar refractivity (Wildman–Crippen MR) is 150 cm³/mol. The number of aromatic nitrogens is 5. The monoisotopic (exact) mass is 539 g/mol. The van der Waals surface area contributed by atoms with Crippen LogP contribution in [0, 0.1) is 11.7 Å². The van der Waals surface area contributed by atoms with Gasteiger partial charge in [-0.25, -0.2) is 18.9 Å². The molecule has 0 spiro atoms. The average Bonchev–Trinajstić information content (AvgIpc) is 3.33. The highest BCUT2D eigenvalue weighted by Crippen LogP contribution is 2.22. The average molecular weight is 540 g/mol. The highest BCUT2D eigenvalue weighted by molar-refractivity contribution is 5.98. The van der Waals surface area contributed by atoms with Gasteiger partial charge < -0.3 is 10.2 Å². The number of rotatable bonds is 8. The van der Waals surface area contributed by atoms with Crippen molar-refractivity contribution < 1.29 is 14.0 Å². The summed E-state index contributed by atoms with van der Waals surface area (Å²) in [6.45, 7) is 3.92. The number of likely N-dealkylation sites (N-methyl/N-ethyl adjacent to an activating group) is 1. The number of nitrogens with one attached hydrogen (secondary N) is 1. The summed E-state index contributed by atoms with van der Waals surface area (Å²) >= 11 is 0. The van der Waals surface area contributed by atoms with Crippen molar-refractivity contribution >= 4 is 28.5 Å². The maximum atomic E-state index is 15.2. The first-order valence-electron chi connectivity index (χ1n) is 13.0. The zero-order chi connectivity index (χ0) is 28.4. The number of hydrogen-bond donors (Lipinski definition) is 1. The van der Waals surface area contributed by atoms with Crippen molar-refractivity contribution in [2.75, 3.05) is 14.1 Å². The standard InChI is InChI=1S/C30H30FN7O2/c1-18(2)12-26(29(40)37(3)4)35-28(39)23-9-8-21(15-24(23)31)27-17-34-30-33-16-22(38(30)36-27)14-19-7-10-25-20(13-19)6-5-11-32-25/h5-11,13,15-18,26H,12,14H2,1-4H3,(H,35,39). The fourth-order valence-corrected chi connectivity index (χ4v) is 4.62. The van der Waals surface area contributed by atoms with Gasteiger partial charge in [0.2, 0.25) is 5.91 Å². The number of halogens is 1. The van der Waals surface area contributed by atoms with Crippen LogP contribution in [0.4, 0.5) is 4.39 Å². The van der Waals surface area contributed by atoms with E-state index in [1.807, 2.05) is 38.1 Å². The fraction of sp³-hybridized carbons (Fsp3) is 0.267. The molecular weight excluding hydrogens is 509 g/mol. The van der Waals surface area contributed by atoms with E-state index in [0.29, 0.717) is 29.9 Å². The lowest BCUT2D eigenvalue weighted by molar-refractivity contribution is -0.131. The van der Waals surface area contributed by atoms with Crippen LogP contribution >= 0.6 is 0 Å². The second kappa shape index (κ2) is 11.2. The van der Waals surface area contributed by atoms with Gasteiger partial charge >= 0.3 is 0 Å².